The molecule has 0 aliphatic heterocycles. The number of imidazole rings is 1. The van der Waals surface area contributed by atoms with E-state index in [0.717, 1.165) is 24.8 Å². The third-order valence-electron chi connectivity index (χ3n) is 16.2. The van der Waals surface area contributed by atoms with Gasteiger partial charge in [0, 0.05) is 44.5 Å². The molecule has 2 aromatic carbocycles. The molecular formula is C68H108N18O14. The van der Waals surface area contributed by atoms with Gasteiger partial charge in [-0.25, -0.2) is 4.98 Å². The first-order valence-electron chi connectivity index (χ1n) is 34.3. The van der Waals surface area contributed by atoms with Crippen molar-refractivity contribution in [2.45, 2.75) is 206 Å². The molecule has 32 nitrogen and oxygen atoms in total. The van der Waals surface area contributed by atoms with E-state index in [2.05, 4.69) is 73.4 Å². The highest BCUT2D eigenvalue weighted by Crippen LogP contribution is 2.19. The molecule has 20 N–H and O–H groups in total. The van der Waals surface area contributed by atoms with E-state index in [1.54, 1.807) is 27.7 Å². The molecule has 0 bridgehead atoms. The first-order valence-corrected chi connectivity index (χ1v) is 34.3. The maximum absolute atomic E-state index is 14.3. The number of aliphatic hydroxyl groups excluding tert-OH is 1. The van der Waals surface area contributed by atoms with Crippen molar-refractivity contribution in [1.82, 2.24) is 73.4 Å². The fraction of sp³-hybridized carbons (Fsp3) is 0.588. The molecule has 0 fully saturated rings. The smallest absolute Gasteiger partial charge is 0.247 e. The van der Waals surface area contributed by atoms with Gasteiger partial charge in [-0.1, -0.05) is 109 Å². The van der Waals surface area contributed by atoms with Crippen molar-refractivity contribution in [1.29, 1.82) is 0 Å². The number of aromatic nitrogens is 2. The zero-order valence-electron chi connectivity index (χ0n) is 59.1. The highest BCUT2D eigenvalue weighted by molar-refractivity contribution is 5.99. The van der Waals surface area contributed by atoms with Gasteiger partial charge in [-0.3, -0.25) is 62.5 Å². The topological polar surface area (TPSA) is 500 Å². The number of aliphatic imine (C=N–C) groups is 1. The van der Waals surface area contributed by atoms with Gasteiger partial charge in [0.1, 0.15) is 54.1 Å². The van der Waals surface area contributed by atoms with Crippen LogP contribution >= 0.6 is 0 Å². The van der Waals surface area contributed by atoms with E-state index in [9.17, 15) is 67.7 Å². The van der Waals surface area contributed by atoms with Crippen LogP contribution in [0.5, 0.6) is 5.75 Å². The summed E-state index contributed by atoms with van der Waals surface area (Å²) >= 11 is 0. The van der Waals surface area contributed by atoms with Gasteiger partial charge in [0.05, 0.1) is 38.0 Å². The number of nitrogens with zero attached hydrogens (tertiary/aromatic N) is 3. The zero-order valence-corrected chi connectivity index (χ0v) is 59.1. The van der Waals surface area contributed by atoms with Gasteiger partial charge in [-0.15, -0.1) is 0 Å². The normalized spacial score (nSPS) is 14.4. The summed E-state index contributed by atoms with van der Waals surface area (Å²) in [6.45, 7) is 16.0. The van der Waals surface area contributed by atoms with E-state index in [4.69, 9.17) is 17.2 Å². The lowest BCUT2D eigenvalue weighted by Crippen LogP contribution is -2.61. The average molecular weight is 1400 g/mol. The van der Waals surface area contributed by atoms with Crippen LogP contribution < -0.4 is 75.7 Å². The molecule has 0 unspecified atom stereocenters. The number of primary amides is 2. The molecule has 0 radical (unpaired) electrons. The minimum absolute atomic E-state index is 0.0484. The number of amides is 12. The summed E-state index contributed by atoms with van der Waals surface area (Å²) in [5, 5.41) is 49.9. The third kappa shape index (κ3) is 31.0. The van der Waals surface area contributed by atoms with Crippen LogP contribution in [-0.2, 0) is 70.4 Å². The molecule has 554 valence electrons. The van der Waals surface area contributed by atoms with Crippen LogP contribution in [0.1, 0.15) is 156 Å². The Morgan fingerprint density at radius 2 is 1.24 bits per heavy atom. The monoisotopic (exact) mass is 1400 g/mol. The summed E-state index contributed by atoms with van der Waals surface area (Å²) in [6.07, 6.45) is 5.84. The number of phenols is 1. The Bertz CT molecular complexity index is 3130. The number of nitrogens with one attached hydrogen (secondary N) is 12. The van der Waals surface area contributed by atoms with Crippen molar-refractivity contribution in [2.24, 2.45) is 34.0 Å². The number of rotatable bonds is 46. The summed E-state index contributed by atoms with van der Waals surface area (Å²) in [4.78, 5) is 177. The van der Waals surface area contributed by atoms with Gasteiger partial charge in [-0.05, 0) is 101 Å². The minimum Gasteiger partial charge on any atom is -0.508 e. The van der Waals surface area contributed by atoms with Gasteiger partial charge in [0.15, 0.2) is 5.96 Å². The van der Waals surface area contributed by atoms with Crippen molar-refractivity contribution in [3.05, 3.63) is 83.9 Å². The Morgan fingerprint density at radius 3 is 1.83 bits per heavy atom. The molecular weight excluding hydrogens is 1290 g/mol. The number of unbranched alkanes of at least 4 members (excludes halogenated alkanes) is 4. The number of aliphatic hydroxyl groups is 1. The highest BCUT2D eigenvalue weighted by Gasteiger charge is 2.37. The summed E-state index contributed by atoms with van der Waals surface area (Å²) in [5.74, 6) is -10.8. The molecule has 0 spiro atoms. The summed E-state index contributed by atoms with van der Waals surface area (Å²) in [7, 11) is 0. The summed E-state index contributed by atoms with van der Waals surface area (Å²) in [6, 6.07) is 1.78. The molecule has 3 rings (SSSR count). The van der Waals surface area contributed by atoms with Crippen molar-refractivity contribution in [3.8, 4) is 5.75 Å². The fourth-order valence-corrected chi connectivity index (χ4v) is 10.4. The van der Waals surface area contributed by atoms with E-state index in [1.807, 2.05) is 51.1 Å². The maximum atomic E-state index is 14.3. The Hall–Kier alpha value is -9.72. The fourth-order valence-electron chi connectivity index (χ4n) is 10.4. The maximum Gasteiger partial charge on any atom is 0.247 e. The molecule has 0 saturated heterocycles. The number of benzene rings is 2. The average Bonchev–Trinajstić information content (AvgIpc) is 1.02. The zero-order chi connectivity index (χ0) is 74.4. The van der Waals surface area contributed by atoms with E-state index in [0.29, 0.717) is 63.4 Å². The molecule has 12 amide bonds. The Morgan fingerprint density at radius 1 is 0.620 bits per heavy atom. The molecule has 11 atom stereocenters. The number of nitrogens with two attached hydrogens (primary N) is 3. The van der Waals surface area contributed by atoms with Gasteiger partial charge in [-0.2, -0.15) is 0 Å². The molecule has 1 aromatic heterocycles. The van der Waals surface area contributed by atoms with Gasteiger partial charge >= 0.3 is 0 Å². The van der Waals surface area contributed by atoms with Crippen LogP contribution in [0.2, 0.25) is 0 Å². The second-order valence-electron chi connectivity index (χ2n) is 25.2. The number of aromatic hydroxyl groups is 1. The molecule has 3 aromatic rings. The largest absolute Gasteiger partial charge is 0.508 e. The van der Waals surface area contributed by atoms with Crippen molar-refractivity contribution < 1.29 is 67.7 Å². The van der Waals surface area contributed by atoms with Crippen LogP contribution in [0.15, 0.2) is 72.1 Å². The van der Waals surface area contributed by atoms with Crippen molar-refractivity contribution >= 4 is 76.8 Å². The molecule has 0 saturated carbocycles. The second-order valence-corrected chi connectivity index (χ2v) is 25.2. The van der Waals surface area contributed by atoms with E-state index in [-0.39, 0.29) is 49.5 Å². The molecule has 0 aliphatic rings. The van der Waals surface area contributed by atoms with Gasteiger partial charge in [0.25, 0.3) is 0 Å². The molecule has 1 heterocycles. The van der Waals surface area contributed by atoms with E-state index < -0.39 is 157 Å². The number of aromatic amines is 1. The number of guanidine groups is 1. The Balaban J connectivity index is 1.79. The number of phenolic OH excluding ortho intramolecular Hbond substituents is 1. The standard InChI is InChI=1S/C68H108N18O14/c1-10-14-15-19-25-49(59(71)92)80-66(99)57(43(9)87)84-63(96)50(33-40(5)6)82-65(98)56(41(7)11-2)83-54(90)37-76-64(97)58(45-26-28-47(88)29-27-45)85-60(93)42(8)78-61(94)51(34-46-36-72-39-77-46)81-62(95)52(35-53(70)89)79-55(91)38-86(32-30-44-22-17-16-18-23-44)67(100)48(69)24-20-21-31-75-68(73-12-3)74-13-4/h16-18,22-23,26-29,36,39-43,48-52,56-58,87-88H,10-15,19-21,24-25,30-35,37-38,69H2,1-9H3,(H2,70,89)(H2,71,92)(H,72,77)(H,76,97)(H,78,94)(H,79,91)(H,80,99)(H,81,95)(H,82,98)(H,83,90)(H,84,96)(H,85,93)(H2,73,74,75)/t41-,42-,43+,48-,49-,50-,51-,52-,56-,57-,58-/m0/s1. The minimum atomic E-state index is -1.68. The lowest BCUT2D eigenvalue weighted by atomic mass is 9.96. The highest BCUT2D eigenvalue weighted by atomic mass is 16.3. The van der Waals surface area contributed by atoms with Crippen LogP contribution in [0, 0.1) is 11.8 Å². The number of carbonyl (C=O) groups is 12. The molecule has 32 heteroatoms. The van der Waals surface area contributed by atoms with Crippen LogP contribution in [-0.4, -0.2) is 196 Å². The van der Waals surface area contributed by atoms with E-state index in [1.165, 1.54) is 55.5 Å². The van der Waals surface area contributed by atoms with E-state index >= 15 is 0 Å². The van der Waals surface area contributed by atoms with Crippen LogP contribution in [0.4, 0.5) is 0 Å². The number of carbonyl (C=O) groups excluding carboxylic acids is 12. The first-order chi connectivity index (χ1) is 47.5. The lowest BCUT2D eigenvalue weighted by Gasteiger charge is -2.29. The predicted molar refractivity (Wildman–Crippen MR) is 374 cm³/mol. The quantitative estimate of drug-likeness (QED) is 0.0183. The summed E-state index contributed by atoms with van der Waals surface area (Å²) < 4.78 is 0. The van der Waals surface area contributed by atoms with Crippen molar-refractivity contribution in [3.63, 3.8) is 0 Å². The van der Waals surface area contributed by atoms with Crippen LogP contribution in [0.3, 0.4) is 0 Å². The second kappa shape index (κ2) is 45.0. The predicted octanol–water partition coefficient (Wildman–Crippen LogP) is -1.01. The van der Waals surface area contributed by atoms with Crippen LogP contribution in [0.25, 0.3) is 0 Å². The lowest BCUT2D eigenvalue weighted by molar-refractivity contribution is -0.139. The molecule has 100 heavy (non-hydrogen) atoms. The number of H-pyrrole nitrogens is 1. The third-order valence-corrected chi connectivity index (χ3v) is 16.2. The summed E-state index contributed by atoms with van der Waals surface area (Å²) in [5.41, 5.74) is 18.9. The SMILES string of the molecule is CCCCCC[C@H](NC(=O)[C@@H](NC(=O)[C@H](CC(C)C)NC(=O)[C@@H](NC(=O)CNC(=O)[C@@H](NC(=O)[C@H](C)NC(=O)[C@H](Cc1cnc[nH]1)NC(=O)[C@H](CC(N)=O)NC(=O)CN(CCc1ccccc1)C(=O)[C@@H](N)CCCCN=C(NCC)NCC)c1ccc(O)cc1)[C@@H](C)CC)[C@@H](C)O)C(N)=O. The Labute approximate surface area is 585 Å². The first kappa shape index (κ1) is 84.5. The number of hydrogen-bond acceptors (Lipinski definition) is 17. The number of hydrogen-bond donors (Lipinski definition) is 17. The van der Waals surface area contributed by atoms with Gasteiger partial charge < -0.3 is 95.8 Å². The molecule has 0 aliphatic carbocycles. The van der Waals surface area contributed by atoms with Gasteiger partial charge in [0.2, 0.25) is 70.9 Å². The van der Waals surface area contributed by atoms with Crippen molar-refractivity contribution in [2.75, 3.05) is 39.3 Å². The Kier molecular flexibility index (Phi) is 38.1.